The number of carbonyl (C=O) groups excluding carboxylic acids is 2. The predicted octanol–water partition coefficient (Wildman–Crippen LogP) is 3.64. The van der Waals surface area contributed by atoms with Gasteiger partial charge in [0, 0.05) is 23.6 Å². The Labute approximate surface area is 171 Å². The number of amides is 2. The molecule has 8 heteroatoms. The molecule has 0 radical (unpaired) electrons. The van der Waals surface area contributed by atoms with Crippen LogP contribution in [0.25, 0.3) is 5.70 Å². The monoisotopic (exact) mass is 405 g/mol. The third kappa shape index (κ3) is 3.00. The van der Waals surface area contributed by atoms with Crippen molar-refractivity contribution in [3.63, 3.8) is 0 Å². The number of hydrogen-bond donors (Lipinski definition) is 1. The molecule has 3 heterocycles. The molecule has 1 fully saturated rings. The van der Waals surface area contributed by atoms with E-state index < -0.39 is 0 Å². The van der Waals surface area contributed by atoms with E-state index in [9.17, 15) is 9.59 Å². The highest BCUT2D eigenvalue weighted by Gasteiger charge is 2.35. The van der Waals surface area contributed by atoms with Gasteiger partial charge in [0.05, 0.1) is 0 Å². The molecule has 0 bridgehead atoms. The number of allylic oxidation sites excluding steroid dienone is 1. The summed E-state index contributed by atoms with van der Waals surface area (Å²) in [5, 5.41) is 8.35. The van der Waals surface area contributed by atoms with E-state index in [1.54, 1.807) is 4.68 Å². The van der Waals surface area contributed by atoms with Crippen molar-refractivity contribution < 1.29 is 9.59 Å². The van der Waals surface area contributed by atoms with Crippen LogP contribution in [0, 0.1) is 0 Å². The van der Waals surface area contributed by atoms with Crippen molar-refractivity contribution >= 4 is 41.0 Å². The van der Waals surface area contributed by atoms with Crippen LogP contribution in [-0.2, 0) is 9.59 Å². The zero-order valence-corrected chi connectivity index (χ0v) is 16.0. The zero-order chi connectivity index (χ0) is 20.0. The summed E-state index contributed by atoms with van der Waals surface area (Å²) in [5.74, 6) is -0.0505. The highest BCUT2D eigenvalue weighted by atomic mass is 35.5. The summed E-state index contributed by atoms with van der Waals surface area (Å²) in [5.41, 5.74) is 2.68. The Hall–Kier alpha value is -3.45. The number of halogens is 1. The van der Waals surface area contributed by atoms with E-state index in [0.29, 0.717) is 11.0 Å². The number of anilines is 2. The Morgan fingerprint density at radius 2 is 1.66 bits per heavy atom. The molecule has 2 aromatic carbocycles. The second-order valence-electron chi connectivity index (χ2n) is 6.84. The summed E-state index contributed by atoms with van der Waals surface area (Å²) in [6.45, 7) is 0. The number of rotatable bonds is 3. The Bertz CT molecular complexity index is 1140. The molecule has 0 spiro atoms. The fraction of sp³-hybridized carbons (Fsp3) is 0.143. The van der Waals surface area contributed by atoms with E-state index in [1.165, 1.54) is 0 Å². The fourth-order valence-electron chi connectivity index (χ4n) is 3.60. The Morgan fingerprint density at radius 3 is 2.38 bits per heavy atom. The number of nitrogens with zero attached hydrogens (tertiary/aromatic N) is 4. The number of carbonyl (C=O) groups is 2. The van der Waals surface area contributed by atoms with E-state index in [1.807, 2.05) is 60.7 Å². The van der Waals surface area contributed by atoms with Crippen molar-refractivity contribution in [1.29, 1.82) is 0 Å². The molecule has 2 amide bonds. The van der Waals surface area contributed by atoms with Crippen LogP contribution < -0.4 is 10.2 Å². The number of benzene rings is 2. The summed E-state index contributed by atoms with van der Waals surface area (Å²) in [4.78, 5) is 29.8. The molecule has 144 valence electrons. The molecule has 2 aliphatic heterocycles. The third-order valence-electron chi connectivity index (χ3n) is 5.01. The van der Waals surface area contributed by atoms with Gasteiger partial charge in [0.1, 0.15) is 6.04 Å². The van der Waals surface area contributed by atoms with Gasteiger partial charge in [-0.15, -0.1) is 5.10 Å². The van der Waals surface area contributed by atoms with Gasteiger partial charge >= 0.3 is 0 Å². The average Bonchev–Trinajstić information content (AvgIpc) is 3.30. The molecule has 7 nitrogen and oxygen atoms in total. The Kier molecular flexibility index (Phi) is 4.17. The molecule has 5 rings (SSSR count). The van der Waals surface area contributed by atoms with Gasteiger partial charge in [-0.1, -0.05) is 60.1 Å². The number of aromatic nitrogens is 3. The summed E-state index contributed by atoms with van der Waals surface area (Å²) < 4.78 is 1.65. The molecule has 29 heavy (non-hydrogen) atoms. The van der Waals surface area contributed by atoms with Crippen LogP contribution in [0.5, 0.6) is 0 Å². The molecule has 1 saturated heterocycles. The first kappa shape index (κ1) is 17.6. The largest absolute Gasteiger partial charge is 0.324 e. The molecule has 1 aromatic heterocycles. The summed E-state index contributed by atoms with van der Waals surface area (Å²) in [6.07, 6.45) is 2.37. The molecule has 2 aliphatic rings. The molecule has 1 atom stereocenters. The summed E-state index contributed by atoms with van der Waals surface area (Å²) in [7, 11) is 0. The third-order valence-corrected chi connectivity index (χ3v) is 5.36. The second-order valence-corrected chi connectivity index (χ2v) is 7.25. The lowest BCUT2D eigenvalue weighted by atomic mass is 10.0. The molecule has 1 N–H and O–H groups in total. The Balaban J connectivity index is 1.64. The van der Waals surface area contributed by atoms with Crippen LogP contribution in [0.4, 0.5) is 11.9 Å². The van der Waals surface area contributed by atoms with Gasteiger partial charge < -0.3 is 5.32 Å². The van der Waals surface area contributed by atoms with E-state index in [-0.39, 0.29) is 36.6 Å². The quantitative estimate of drug-likeness (QED) is 0.673. The molecular formula is C21H16ClN5O2. The van der Waals surface area contributed by atoms with Gasteiger partial charge in [0.25, 0.3) is 5.95 Å². The van der Waals surface area contributed by atoms with Gasteiger partial charge in [0.15, 0.2) is 0 Å². The van der Waals surface area contributed by atoms with E-state index >= 15 is 0 Å². The van der Waals surface area contributed by atoms with Crippen LogP contribution in [0.3, 0.4) is 0 Å². The highest BCUT2D eigenvalue weighted by molar-refractivity contribution is 6.31. The van der Waals surface area contributed by atoms with Crippen molar-refractivity contribution in [2.45, 2.75) is 18.9 Å². The fourth-order valence-corrected chi connectivity index (χ4v) is 3.85. The van der Waals surface area contributed by atoms with E-state index in [0.717, 1.165) is 21.7 Å². The van der Waals surface area contributed by atoms with Crippen LogP contribution in [-0.4, -0.2) is 26.6 Å². The first-order chi connectivity index (χ1) is 14.1. The van der Waals surface area contributed by atoms with Crippen molar-refractivity contribution in [2.24, 2.45) is 0 Å². The second kappa shape index (κ2) is 6.86. The topological polar surface area (TPSA) is 80.1 Å². The maximum absolute atomic E-state index is 12.2. The molecule has 0 aliphatic carbocycles. The van der Waals surface area contributed by atoms with Gasteiger partial charge in [-0.05, 0) is 23.3 Å². The van der Waals surface area contributed by atoms with Crippen molar-refractivity contribution in [3.8, 4) is 0 Å². The van der Waals surface area contributed by atoms with Gasteiger partial charge in [-0.2, -0.15) is 4.98 Å². The van der Waals surface area contributed by atoms with Crippen LogP contribution in [0.15, 0.2) is 60.7 Å². The number of fused-ring (bicyclic) bond motifs is 1. The number of nitrogens with one attached hydrogen (secondary N) is 1. The van der Waals surface area contributed by atoms with Gasteiger partial charge in [-0.3, -0.25) is 9.59 Å². The van der Waals surface area contributed by atoms with Crippen LogP contribution >= 0.6 is 11.6 Å². The maximum Gasteiger partial charge on any atom is 0.260 e. The van der Waals surface area contributed by atoms with E-state index in [4.69, 9.17) is 11.6 Å². The van der Waals surface area contributed by atoms with E-state index in [2.05, 4.69) is 15.4 Å². The smallest absolute Gasteiger partial charge is 0.260 e. The SMILES string of the molecule is O=C1CCC(=O)N1c1nc2n(n1)[C@@H](c1ccccc1Cl)C=C(c1ccccc1)N2. The highest BCUT2D eigenvalue weighted by Crippen LogP contribution is 2.36. The van der Waals surface area contributed by atoms with Gasteiger partial charge in [-0.25, -0.2) is 9.58 Å². The minimum Gasteiger partial charge on any atom is -0.324 e. The minimum absolute atomic E-state index is 0.0831. The molecule has 3 aromatic rings. The first-order valence-corrected chi connectivity index (χ1v) is 9.60. The summed E-state index contributed by atoms with van der Waals surface area (Å²) >= 11 is 6.47. The number of hydrogen-bond acceptors (Lipinski definition) is 5. The van der Waals surface area contributed by atoms with Crippen molar-refractivity contribution in [3.05, 3.63) is 76.8 Å². The van der Waals surface area contributed by atoms with Crippen molar-refractivity contribution in [1.82, 2.24) is 14.8 Å². The average molecular weight is 406 g/mol. The zero-order valence-electron chi connectivity index (χ0n) is 15.2. The normalized spacial score (nSPS) is 18.4. The standard InChI is InChI=1S/C21H16ClN5O2/c22-15-9-5-4-8-14(15)17-12-16(13-6-2-1-3-7-13)23-20-24-21(25-27(17)20)26-18(28)10-11-19(26)29/h1-9,12,17H,10-11H2,(H,23,24,25)/t17-/m1/s1. The lowest BCUT2D eigenvalue weighted by molar-refractivity contribution is -0.121. The maximum atomic E-state index is 12.2. The first-order valence-electron chi connectivity index (χ1n) is 9.23. The van der Waals surface area contributed by atoms with Crippen LogP contribution in [0.1, 0.15) is 30.0 Å². The minimum atomic E-state index is -0.343. The van der Waals surface area contributed by atoms with Gasteiger partial charge in [0.2, 0.25) is 17.8 Å². The summed E-state index contributed by atoms with van der Waals surface area (Å²) in [6, 6.07) is 17.0. The predicted molar refractivity (Wildman–Crippen MR) is 109 cm³/mol. The lowest BCUT2D eigenvalue weighted by Gasteiger charge is -2.24. The molecule has 0 unspecified atom stereocenters. The van der Waals surface area contributed by atoms with Crippen molar-refractivity contribution in [2.75, 3.05) is 10.2 Å². The molecule has 0 saturated carbocycles. The number of imide groups is 1. The van der Waals surface area contributed by atoms with Crippen LogP contribution in [0.2, 0.25) is 5.02 Å². The lowest BCUT2D eigenvalue weighted by Crippen LogP contribution is -2.29. The molecular weight excluding hydrogens is 390 g/mol. The Morgan fingerprint density at radius 1 is 0.966 bits per heavy atom.